The lowest BCUT2D eigenvalue weighted by atomic mass is 9.96. The Hall–Kier alpha value is -5.51. The van der Waals surface area contributed by atoms with Gasteiger partial charge in [-0.25, -0.2) is 9.97 Å². The molecule has 5 aromatic heterocycles. The molecule has 0 aliphatic carbocycles. The maximum absolute atomic E-state index is 5.70. The lowest BCUT2D eigenvalue weighted by Crippen LogP contribution is -2.19. The van der Waals surface area contributed by atoms with Crippen LogP contribution >= 0.6 is 0 Å². The second-order valence-corrected chi connectivity index (χ2v) is 18.0. The standard InChI is InChI=1S/C12H18N2.C12H17NO.C10H13N3.C9H14N2.C9H13N.CH4/c1-8(2)10-7-14-11-5-4-6-13-12(11)9(10)3;1-8(2)10-4-5-11-12(9(10)3)13-6-7-14-11;1-6(2)8-4-11-10-9(7(8)3)12-5-13-10;1-6(2)8-4-11-5-9(10)7(8)3;1-7(2)9-6-10-5-4-8(9)3;/h7-8,13H,4-6H2,1-3H3;4-5,8,13H,6-7H2,1-3H3;4-6H,1-3H3,(H,11,12,13);4-6H,10H2,1-3H3;4-7H,1-3H3;1H4. The molecule has 0 fully saturated rings. The number of nitrogens with two attached hydrogens (primary N) is 1. The number of aryl methyl sites for hydroxylation is 3. The number of rotatable bonds is 5. The number of H-pyrrole nitrogens is 1. The van der Waals surface area contributed by atoms with Crippen molar-refractivity contribution in [3.63, 3.8) is 0 Å². The molecule has 10 nitrogen and oxygen atoms in total. The Morgan fingerprint density at radius 3 is 1.75 bits per heavy atom. The van der Waals surface area contributed by atoms with Crippen molar-refractivity contribution in [1.29, 1.82) is 0 Å². The van der Waals surface area contributed by atoms with Crippen molar-refractivity contribution < 1.29 is 4.74 Å². The van der Waals surface area contributed by atoms with Crippen LogP contribution in [0.15, 0.2) is 61.7 Å². The molecule has 342 valence electrons. The van der Waals surface area contributed by atoms with Crippen LogP contribution in [0.2, 0.25) is 0 Å². The maximum atomic E-state index is 5.70. The smallest absolute Gasteiger partial charge is 0.177 e. The number of aromatic nitrogens is 6. The molecule has 8 rings (SSSR count). The van der Waals surface area contributed by atoms with Crippen molar-refractivity contribution in [3.05, 3.63) is 123 Å². The summed E-state index contributed by atoms with van der Waals surface area (Å²) in [6.07, 6.45) is 15.4. The van der Waals surface area contributed by atoms with E-state index in [4.69, 9.17) is 10.5 Å². The Morgan fingerprint density at radius 1 is 0.571 bits per heavy atom. The lowest BCUT2D eigenvalue weighted by molar-refractivity contribution is 0.323. The fraction of sp³-hybridized carbons (Fsp3) is 0.491. The van der Waals surface area contributed by atoms with Gasteiger partial charge in [-0.1, -0.05) is 82.7 Å². The number of pyridine rings is 4. The predicted molar refractivity (Wildman–Crippen MR) is 269 cm³/mol. The molecule has 6 aromatic rings. The van der Waals surface area contributed by atoms with E-state index < -0.39 is 0 Å². The molecule has 0 amide bonds. The van der Waals surface area contributed by atoms with Crippen molar-refractivity contribution in [2.24, 2.45) is 0 Å². The monoisotopic (exact) mass is 858 g/mol. The van der Waals surface area contributed by atoms with Crippen LogP contribution in [0.5, 0.6) is 5.75 Å². The quantitative estimate of drug-likeness (QED) is 0.133. The van der Waals surface area contributed by atoms with E-state index in [2.05, 4.69) is 156 Å². The van der Waals surface area contributed by atoms with E-state index in [0.717, 1.165) is 54.3 Å². The molecule has 0 radical (unpaired) electrons. The first kappa shape index (κ1) is 51.8. The Bertz CT molecular complexity index is 2270. The molecule has 0 saturated carbocycles. The van der Waals surface area contributed by atoms with Crippen LogP contribution in [0.3, 0.4) is 0 Å². The molecular weight excluding hydrogens is 779 g/mol. The van der Waals surface area contributed by atoms with Crippen LogP contribution in [0.25, 0.3) is 11.2 Å². The number of nitrogen functional groups attached to an aromatic ring is 1. The number of nitrogens with zero attached hydrogens (tertiary/aromatic N) is 5. The third kappa shape index (κ3) is 13.7. The SMILES string of the molecule is C.Cc1c(C(C)C)ccc2c1NCCO2.Cc1c(C(C)C)cnc2c1NCCC2.Cc1c(C(C)C)cnc2nc[nH]c12.Cc1c(N)cncc1C(C)C.Cc1ccncc1C(C)C. The van der Waals surface area contributed by atoms with Gasteiger partial charge in [-0.05, 0) is 145 Å². The van der Waals surface area contributed by atoms with Gasteiger partial charge in [0, 0.05) is 44.1 Å². The first-order valence-corrected chi connectivity index (χ1v) is 22.6. The third-order valence-corrected chi connectivity index (χ3v) is 11.7. The summed E-state index contributed by atoms with van der Waals surface area (Å²) in [5.41, 5.74) is 25.2. The number of anilines is 3. The second-order valence-electron chi connectivity index (χ2n) is 18.0. The molecule has 1 aromatic carbocycles. The van der Waals surface area contributed by atoms with Gasteiger partial charge >= 0.3 is 0 Å². The van der Waals surface area contributed by atoms with E-state index in [9.17, 15) is 0 Å². The minimum Gasteiger partial charge on any atom is -0.490 e. The summed E-state index contributed by atoms with van der Waals surface area (Å²) < 4.78 is 5.58. The van der Waals surface area contributed by atoms with Crippen molar-refractivity contribution >= 4 is 28.2 Å². The number of aromatic amines is 1. The minimum absolute atomic E-state index is 0. The second kappa shape index (κ2) is 24.4. The number of ether oxygens (including phenoxy) is 1. The zero-order valence-electron chi connectivity index (χ0n) is 40.4. The number of nitrogens with one attached hydrogen (secondary N) is 3. The Balaban J connectivity index is 0.000000210. The van der Waals surface area contributed by atoms with Crippen LogP contribution in [-0.4, -0.2) is 49.6 Å². The molecule has 0 spiro atoms. The zero-order valence-corrected chi connectivity index (χ0v) is 40.4. The Morgan fingerprint density at radius 2 is 1.14 bits per heavy atom. The van der Waals surface area contributed by atoms with Gasteiger partial charge in [0.1, 0.15) is 12.4 Å². The van der Waals surface area contributed by atoms with Crippen molar-refractivity contribution in [3.8, 4) is 5.75 Å². The highest BCUT2D eigenvalue weighted by atomic mass is 16.5. The van der Waals surface area contributed by atoms with Gasteiger partial charge in [0.15, 0.2) is 5.65 Å². The van der Waals surface area contributed by atoms with Crippen LogP contribution in [0, 0.1) is 34.6 Å². The average Bonchev–Trinajstić information content (AvgIpc) is 3.73. The van der Waals surface area contributed by atoms with Crippen LogP contribution < -0.4 is 21.1 Å². The van der Waals surface area contributed by atoms with Crippen LogP contribution in [0.1, 0.15) is 174 Å². The van der Waals surface area contributed by atoms with Gasteiger partial charge in [0.05, 0.1) is 40.8 Å². The van der Waals surface area contributed by atoms with E-state index in [1.165, 1.54) is 73.6 Å². The predicted octanol–water partition coefficient (Wildman–Crippen LogP) is 13.4. The summed E-state index contributed by atoms with van der Waals surface area (Å²) in [6.45, 7) is 35.3. The first-order valence-electron chi connectivity index (χ1n) is 22.6. The first-order chi connectivity index (χ1) is 29.4. The zero-order chi connectivity index (χ0) is 45.7. The summed E-state index contributed by atoms with van der Waals surface area (Å²) in [5.74, 6) is 3.75. The normalized spacial score (nSPS) is 12.4. The Kier molecular flexibility index (Phi) is 20.0. The molecule has 10 heteroatoms. The fourth-order valence-corrected chi connectivity index (χ4v) is 7.99. The summed E-state index contributed by atoms with van der Waals surface area (Å²) in [7, 11) is 0. The van der Waals surface area contributed by atoms with E-state index in [1.807, 2.05) is 37.9 Å². The summed E-state index contributed by atoms with van der Waals surface area (Å²) in [6, 6.07) is 6.30. The van der Waals surface area contributed by atoms with Gasteiger partial charge in [-0.3, -0.25) is 15.0 Å². The summed E-state index contributed by atoms with van der Waals surface area (Å²) >= 11 is 0. The lowest BCUT2D eigenvalue weighted by Gasteiger charge is -2.23. The van der Waals surface area contributed by atoms with E-state index >= 15 is 0 Å². The number of hydrogen-bond acceptors (Lipinski definition) is 9. The van der Waals surface area contributed by atoms with Gasteiger partial charge in [-0.2, -0.15) is 0 Å². The van der Waals surface area contributed by atoms with Gasteiger partial charge < -0.3 is 26.1 Å². The number of hydrogen-bond donors (Lipinski definition) is 4. The van der Waals surface area contributed by atoms with Gasteiger partial charge in [0.25, 0.3) is 0 Å². The highest BCUT2D eigenvalue weighted by Gasteiger charge is 2.17. The van der Waals surface area contributed by atoms with E-state index in [1.54, 1.807) is 12.5 Å². The molecule has 0 bridgehead atoms. The fourth-order valence-electron chi connectivity index (χ4n) is 7.99. The summed E-state index contributed by atoms with van der Waals surface area (Å²) in [4.78, 5) is 24.2. The van der Waals surface area contributed by atoms with E-state index in [-0.39, 0.29) is 7.43 Å². The molecule has 0 unspecified atom stereocenters. The largest absolute Gasteiger partial charge is 0.490 e. The van der Waals surface area contributed by atoms with E-state index in [0.29, 0.717) is 29.6 Å². The van der Waals surface area contributed by atoms with Crippen molar-refractivity contribution in [2.45, 2.75) is 154 Å². The highest BCUT2D eigenvalue weighted by Crippen LogP contribution is 2.35. The van der Waals surface area contributed by atoms with Crippen LogP contribution in [-0.2, 0) is 6.42 Å². The molecule has 63 heavy (non-hydrogen) atoms. The van der Waals surface area contributed by atoms with Crippen LogP contribution in [0.4, 0.5) is 17.1 Å². The topological polar surface area (TPSA) is 140 Å². The Labute approximate surface area is 380 Å². The molecule has 0 saturated heterocycles. The van der Waals surface area contributed by atoms with Gasteiger partial charge in [0.2, 0.25) is 0 Å². The van der Waals surface area contributed by atoms with Crippen molar-refractivity contribution in [2.75, 3.05) is 36.1 Å². The molecule has 2 aliphatic rings. The third-order valence-electron chi connectivity index (χ3n) is 11.7. The molecule has 7 heterocycles. The maximum Gasteiger partial charge on any atom is 0.177 e. The number of benzene rings is 1. The highest BCUT2D eigenvalue weighted by molar-refractivity contribution is 5.75. The molecule has 2 aliphatic heterocycles. The van der Waals surface area contributed by atoms with Gasteiger partial charge in [-0.15, -0.1) is 0 Å². The summed E-state index contributed by atoms with van der Waals surface area (Å²) in [5, 5.41) is 6.86. The van der Waals surface area contributed by atoms with Crippen molar-refractivity contribution in [1.82, 2.24) is 29.9 Å². The minimum atomic E-state index is 0. The average molecular weight is 858 g/mol. The number of imidazole rings is 1. The molecule has 0 atom stereocenters. The molecular formula is C53H79N9O. The number of fused-ring (bicyclic) bond motifs is 3. The molecule has 5 N–H and O–H groups in total.